The minimum atomic E-state index is -0.0961. The maximum Gasteiger partial charge on any atom is 0.0540 e. The van der Waals surface area contributed by atoms with Crippen molar-refractivity contribution in [2.45, 2.75) is 39.2 Å². The lowest BCUT2D eigenvalue weighted by atomic mass is 10.1. The van der Waals surface area contributed by atoms with E-state index in [9.17, 15) is 0 Å². The van der Waals surface area contributed by atoms with Gasteiger partial charge in [0.25, 0.3) is 0 Å². The van der Waals surface area contributed by atoms with Crippen LogP contribution < -0.4 is 0 Å². The zero-order valence-corrected chi connectivity index (χ0v) is 6.30. The Morgan fingerprint density at radius 2 is 2.22 bits per heavy atom. The molecule has 0 aliphatic carbocycles. The van der Waals surface area contributed by atoms with Crippen LogP contribution in [0.5, 0.6) is 0 Å². The van der Waals surface area contributed by atoms with Crippen LogP contribution in [0.3, 0.4) is 0 Å². The molecule has 0 aliphatic rings. The summed E-state index contributed by atoms with van der Waals surface area (Å²) in [6.07, 6.45) is 6.78. The summed E-state index contributed by atoms with van der Waals surface area (Å²) in [4.78, 5) is 0. The van der Waals surface area contributed by atoms with E-state index in [4.69, 9.17) is 5.11 Å². The van der Waals surface area contributed by atoms with Gasteiger partial charge in [-0.2, -0.15) is 0 Å². The fraction of sp³-hybridized carbons (Fsp3) is 0.750. The lowest BCUT2D eigenvalue weighted by Crippen LogP contribution is -2.02. The molecule has 1 nitrogen and oxygen atoms in total. The topological polar surface area (TPSA) is 20.2 Å². The summed E-state index contributed by atoms with van der Waals surface area (Å²) >= 11 is 0. The standard InChI is InChI=1S/C8H16O/c1-3-5-6-7-8(9)4-2/h3,5,8-9H,4,6-7H2,1-2H3. The summed E-state index contributed by atoms with van der Waals surface area (Å²) in [6.45, 7) is 4.00. The first-order valence-corrected chi connectivity index (χ1v) is 3.60. The predicted molar refractivity (Wildman–Crippen MR) is 40.3 cm³/mol. The molecular weight excluding hydrogens is 112 g/mol. The zero-order valence-electron chi connectivity index (χ0n) is 6.30. The molecule has 54 valence electrons. The van der Waals surface area contributed by atoms with E-state index in [2.05, 4.69) is 6.08 Å². The maximum atomic E-state index is 9.05. The van der Waals surface area contributed by atoms with E-state index in [0.717, 1.165) is 19.3 Å². The summed E-state index contributed by atoms with van der Waals surface area (Å²) in [5, 5.41) is 9.05. The van der Waals surface area contributed by atoms with Crippen molar-refractivity contribution in [3.63, 3.8) is 0 Å². The van der Waals surface area contributed by atoms with Crippen LogP contribution >= 0.6 is 0 Å². The molecule has 0 bridgehead atoms. The molecule has 1 atom stereocenters. The van der Waals surface area contributed by atoms with Crippen molar-refractivity contribution in [2.75, 3.05) is 0 Å². The smallest absolute Gasteiger partial charge is 0.0540 e. The predicted octanol–water partition coefficient (Wildman–Crippen LogP) is 2.11. The number of aliphatic hydroxyl groups is 1. The van der Waals surface area contributed by atoms with Gasteiger partial charge >= 0.3 is 0 Å². The van der Waals surface area contributed by atoms with Gasteiger partial charge in [-0.15, -0.1) is 0 Å². The van der Waals surface area contributed by atoms with E-state index in [1.165, 1.54) is 0 Å². The van der Waals surface area contributed by atoms with Gasteiger partial charge in [-0.05, 0) is 26.2 Å². The van der Waals surface area contributed by atoms with Crippen LogP contribution in [0, 0.1) is 0 Å². The van der Waals surface area contributed by atoms with E-state index < -0.39 is 0 Å². The van der Waals surface area contributed by atoms with Gasteiger partial charge in [0.2, 0.25) is 0 Å². The Labute approximate surface area is 57.4 Å². The molecule has 0 saturated heterocycles. The lowest BCUT2D eigenvalue weighted by Gasteiger charge is -2.02. The Balaban J connectivity index is 3.06. The number of hydrogen-bond donors (Lipinski definition) is 1. The van der Waals surface area contributed by atoms with Gasteiger partial charge in [0.15, 0.2) is 0 Å². The van der Waals surface area contributed by atoms with Crippen molar-refractivity contribution >= 4 is 0 Å². The fourth-order valence-electron chi connectivity index (χ4n) is 0.659. The second-order valence-electron chi connectivity index (χ2n) is 2.21. The molecule has 1 N–H and O–H groups in total. The van der Waals surface area contributed by atoms with Gasteiger partial charge < -0.3 is 5.11 Å². The third-order valence-electron chi connectivity index (χ3n) is 1.37. The van der Waals surface area contributed by atoms with E-state index in [-0.39, 0.29) is 6.10 Å². The fourth-order valence-corrected chi connectivity index (χ4v) is 0.659. The highest BCUT2D eigenvalue weighted by Gasteiger charge is 1.95. The van der Waals surface area contributed by atoms with Crippen molar-refractivity contribution in [2.24, 2.45) is 0 Å². The molecule has 1 unspecified atom stereocenters. The van der Waals surface area contributed by atoms with E-state index >= 15 is 0 Å². The van der Waals surface area contributed by atoms with Crippen LogP contribution in [-0.2, 0) is 0 Å². The van der Waals surface area contributed by atoms with Crippen LogP contribution in [0.25, 0.3) is 0 Å². The molecule has 0 fully saturated rings. The first-order valence-electron chi connectivity index (χ1n) is 3.60. The first kappa shape index (κ1) is 8.70. The van der Waals surface area contributed by atoms with Crippen molar-refractivity contribution in [1.29, 1.82) is 0 Å². The van der Waals surface area contributed by atoms with Crippen molar-refractivity contribution in [3.05, 3.63) is 12.2 Å². The molecule has 0 aromatic rings. The Bertz CT molecular complexity index is 76.6. The summed E-state index contributed by atoms with van der Waals surface area (Å²) < 4.78 is 0. The van der Waals surface area contributed by atoms with Crippen LogP contribution in [0.4, 0.5) is 0 Å². The molecular formula is C8H16O. The zero-order chi connectivity index (χ0) is 7.11. The second kappa shape index (κ2) is 5.83. The van der Waals surface area contributed by atoms with Gasteiger partial charge in [0.05, 0.1) is 6.10 Å². The highest BCUT2D eigenvalue weighted by molar-refractivity contribution is 4.77. The van der Waals surface area contributed by atoms with E-state index in [0.29, 0.717) is 0 Å². The van der Waals surface area contributed by atoms with Crippen LogP contribution in [0.15, 0.2) is 12.2 Å². The van der Waals surface area contributed by atoms with E-state index in [1.807, 2.05) is 19.9 Å². The van der Waals surface area contributed by atoms with Gasteiger partial charge in [-0.25, -0.2) is 0 Å². The highest BCUT2D eigenvalue weighted by atomic mass is 16.3. The summed E-state index contributed by atoms with van der Waals surface area (Å²) in [6, 6.07) is 0. The molecule has 0 spiro atoms. The van der Waals surface area contributed by atoms with Crippen molar-refractivity contribution in [1.82, 2.24) is 0 Å². The minimum absolute atomic E-state index is 0.0961. The molecule has 0 amide bonds. The molecule has 0 aromatic heterocycles. The minimum Gasteiger partial charge on any atom is -0.393 e. The third kappa shape index (κ3) is 5.57. The number of rotatable bonds is 4. The van der Waals surface area contributed by atoms with Gasteiger partial charge in [0, 0.05) is 0 Å². The molecule has 0 rings (SSSR count). The number of aliphatic hydroxyl groups excluding tert-OH is 1. The number of hydrogen-bond acceptors (Lipinski definition) is 1. The molecule has 9 heavy (non-hydrogen) atoms. The SMILES string of the molecule is CC=CCCC(O)CC. The normalized spacial score (nSPS) is 14.6. The lowest BCUT2D eigenvalue weighted by molar-refractivity contribution is 0.161. The summed E-state index contributed by atoms with van der Waals surface area (Å²) in [7, 11) is 0. The Kier molecular flexibility index (Phi) is 5.64. The molecule has 0 radical (unpaired) electrons. The molecule has 0 saturated carbocycles. The second-order valence-corrected chi connectivity index (χ2v) is 2.21. The largest absolute Gasteiger partial charge is 0.393 e. The van der Waals surface area contributed by atoms with E-state index in [1.54, 1.807) is 0 Å². The number of allylic oxidation sites excluding steroid dienone is 2. The van der Waals surface area contributed by atoms with Gasteiger partial charge in [0.1, 0.15) is 0 Å². The molecule has 0 aromatic carbocycles. The first-order chi connectivity index (χ1) is 4.31. The Morgan fingerprint density at radius 3 is 2.67 bits per heavy atom. The molecule has 0 heterocycles. The van der Waals surface area contributed by atoms with Crippen molar-refractivity contribution < 1.29 is 5.11 Å². The Morgan fingerprint density at radius 1 is 1.56 bits per heavy atom. The average molecular weight is 128 g/mol. The third-order valence-corrected chi connectivity index (χ3v) is 1.37. The van der Waals surface area contributed by atoms with Crippen LogP contribution in [-0.4, -0.2) is 11.2 Å². The molecule has 0 aliphatic heterocycles. The monoisotopic (exact) mass is 128 g/mol. The van der Waals surface area contributed by atoms with Gasteiger partial charge in [-0.3, -0.25) is 0 Å². The van der Waals surface area contributed by atoms with Crippen LogP contribution in [0.2, 0.25) is 0 Å². The quantitative estimate of drug-likeness (QED) is 0.575. The molecule has 1 heteroatoms. The Hall–Kier alpha value is -0.300. The average Bonchev–Trinajstić information content (AvgIpc) is 1.89. The highest BCUT2D eigenvalue weighted by Crippen LogP contribution is 2.00. The van der Waals surface area contributed by atoms with Gasteiger partial charge in [-0.1, -0.05) is 19.1 Å². The summed E-state index contributed by atoms with van der Waals surface area (Å²) in [5.74, 6) is 0. The summed E-state index contributed by atoms with van der Waals surface area (Å²) in [5.41, 5.74) is 0. The van der Waals surface area contributed by atoms with Crippen LogP contribution in [0.1, 0.15) is 33.1 Å². The van der Waals surface area contributed by atoms with Crippen molar-refractivity contribution in [3.8, 4) is 0 Å². The maximum absolute atomic E-state index is 9.05.